The molecule has 52 heavy (non-hydrogen) atoms. The van der Waals surface area contributed by atoms with E-state index >= 15 is 0 Å². The number of nitrogens with one attached hydrogen (secondary N) is 1. The Kier molecular flexibility index (Phi) is 12.6. The molecule has 0 atom stereocenters. The monoisotopic (exact) mass is 736 g/mol. The Morgan fingerprint density at radius 2 is 1.48 bits per heavy atom. The van der Waals surface area contributed by atoms with Gasteiger partial charge in [0.05, 0.1) is 35.7 Å². The molecule has 0 aromatic heterocycles. The van der Waals surface area contributed by atoms with Crippen molar-refractivity contribution in [3.63, 3.8) is 0 Å². The molecule has 0 saturated heterocycles. The number of amides is 1. The molecule has 0 radical (unpaired) electrons. The van der Waals surface area contributed by atoms with Crippen LogP contribution in [0.3, 0.4) is 0 Å². The van der Waals surface area contributed by atoms with E-state index in [9.17, 15) is 37.1 Å². The van der Waals surface area contributed by atoms with Crippen LogP contribution in [-0.2, 0) is 41.9 Å². The minimum absolute atomic E-state index is 0.0253. The van der Waals surface area contributed by atoms with Gasteiger partial charge < -0.3 is 19.7 Å². The standard InChI is InChI=1S/C39H36ClF3N2O7/c1-5-51-36(49)38(37(50)52-6-2,26-13-10-14-28(40)20-26)22-29(47)19-25-15-18-33(32(23-46)34(25)45(3)4)44-35(48)31-21-27(39(41,42)43)16-17-30(31)24-11-8-7-9-12-24/h7-18,20-21,23H,5-6,19,22H2,1-4H3,(H,44,48). The molecule has 0 saturated carbocycles. The Morgan fingerprint density at radius 3 is 2.04 bits per heavy atom. The second-order valence-electron chi connectivity index (χ2n) is 11.9. The number of anilines is 2. The molecule has 1 N–H and O–H groups in total. The number of Topliss-reactive ketones (excluding diaryl/α,β-unsaturated/α-hetero) is 1. The lowest BCUT2D eigenvalue weighted by Gasteiger charge is -2.29. The van der Waals surface area contributed by atoms with Crippen LogP contribution in [0.25, 0.3) is 11.1 Å². The highest BCUT2D eigenvalue weighted by Crippen LogP contribution is 2.37. The van der Waals surface area contributed by atoms with Gasteiger partial charge in [-0.05, 0) is 66.4 Å². The molecule has 0 aliphatic carbocycles. The van der Waals surface area contributed by atoms with Gasteiger partial charge in [-0.2, -0.15) is 13.2 Å². The molecule has 1 amide bonds. The van der Waals surface area contributed by atoms with Gasteiger partial charge in [0, 0.05) is 37.5 Å². The van der Waals surface area contributed by atoms with Crippen LogP contribution in [0.15, 0.2) is 84.9 Å². The van der Waals surface area contributed by atoms with Gasteiger partial charge in [-0.1, -0.05) is 66.2 Å². The number of esters is 2. The number of nitrogens with zero attached hydrogens (tertiary/aromatic N) is 1. The molecule has 0 fully saturated rings. The van der Waals surface area contributed by atoms with E-state index in [2.05, 4.69) is 5.32 Å². The van der Waals surface area contributed by atoms with Crippen molar-refractivity contribution in [2.24, 2.45) is 0 Å². The summed E-state index contributed by atoms with van der Waals surface area (Å²) in [5.41, 5.74) is -2.25. The van der Waals surface area contributed by atoms with Gasteiger partial charge in [0.15, 0.2) is 11.7 Å². The third-order valence-corrected chi connectivity index (χ3v) is 8.44. The minimum atomic E-state index is -4.73. The predicted molar refractivity (Wildman–Crippen MR) is 191 cm³/mol. The molecule has 4 aromatic rings. The van der Waals surface area contributed by atoms with Crippen LogP contribution in [0.2, 0.25) is 5.02 Å². The lowest BCUT2D eigenvalue weighted by atomic mass is 9.75. The number of hydrogen-bond acceptors (Lipinski definition) is 8. The summed E-state index contributed by atoms with van der Waals surface area (Å²) >= 11 is 6.22. The first-order valence-electron chi connectivity index (χ1n) is 16.2. The lowest BCUT2D eigenvalue weighted by molar-refractivity contribution is -0.166. The van der Waals surface area contributed by atoms with Gasteiger partial charge in [0.2, 0.25) is 0 Å². The summed E-state index contributed by atoms with van der Waals surface area (Å²) in [4.78, 5) is 68.8. The number of benzene rings is 4. The van der Waals surface area contributed by atoms with Crippen molar-refractivity contribution in [3.8, 4) is 11.1 Å². The average molecular weight is 737 g/mol. The summed E-state index contributed by atoms with van der Waals surface area (Å²) in [6.45, 7) is 2.91. The average Bonchev–Trinajstić information content (AvgIpc) is 3.10. The Labute approximate surface area is 303 Å². The number of ether oxygens (including phenoxy) is 2. The second kappa shape index (κ2) is 16.7. The van der Waals surface area contributed by atoms with E-state index in [1.165, 1.54) is 47.4 Å². The van der Waals surface area contributed by atoms with Crippen molar-refractivity contribution < 1.29 is 46.6 Å². The second-order valence-corrected chi connectivity index (χ2v) is 12.3. The Bertz CT molecular complexity index is 1960. The van der Waals surface area contributed by atoms with Gasteiger partial charge in [-0.15, -0.1) is 0 Å². The molecular formula is C39H36ClF3N2O7. The van der Waals surface area contributed by atoms with E-state index < -0.39 is 47.2 Å². The van der Waals surface area contributed by atoms with E-state index in [-0.39, 0.29) is 58.3 Å². The van der Waals surface area contributed by atoms with E-state index in [1.807, 2.05) is 0 Å². The molecular weight excluding hydrogens is 701 g/mol. The number of alkyl halides is 3. The van der Waals surface area contributed by atoms with Gasteiger partial charge in [-0.3, -0.25) is 24.0 Å². The topological polar surface area (TPSA) is 119 Å². The molecule has 0 bridgehead atoms. The van der Waals surface area contributed by atoms with Crippen molar-refractivity contribution >= 4 is 52.9 Å². The molecule has 0 heterocycles. The molecule has 0 aliphatic heterocycles. The summed E-state index contributed by atoms with van der Waals surface area (Å²) in [5, 5.41) is 2.78. The third kappa shape index (κ3) is 8.51. The van der Waals surface area contributed by atoms with Crippen LogP contribution in [0.1, 0.15) is 57.7 Å². The van der Waals surface area contributed by atoms with Crippen molar-refractivity contribution in [2.45, 2.75) is 38.3 Å². The number of aldehydes is 1. The summed E-state index contributed by atoms with van der Waals surface area (Å²) in [6, 6.07) is 20.0. The zero-order valence-corrected chi connectivity index (χ0v) is 29.6. The smallest absolute Gasteiger partial charge is 0.416 e. The highest BCUT2D eigenvalue weighted by Gasteiger charge is 2.52. The number of carbonyl (C=O) groups is 5. The van der Waals surface area contributed by atoms with Crippen LogP contribution in [0.4, 0.5) is 24.5 Å². The molecule has 13 heteroatoms. The molecule has 4 aromatic carbocycles. The van der Waals surface area contributed by atoms with Crippen LogP contribution in [0.5, 0.6) is 0 Å². The van der Waals surface area contributed by atoms with E-state index in [1.54, 1.807) is 58.3 Å². The maximum atomic E-state index is 13.9. The Hall–Kier alpha value is -5.49. The number of halogens is 4. The minimum Gasteiger partial charge on any atom is -0.465 e. The van der Waals surface area contributed by atoms with E-state index in [0.717, 1.165) is 12.1 Å². The summed E-state index contributed by atoms with van der Waals surface area (Å²) in [5.74, 6) is -3.52. The van der Waals surface area contributed by atoms with E-state index in [4.69, 9.17) is 21.1 Å². The highest BCUT2D eigenvalue weighted by atomic mass is 35.5. The quantitative estimate of drug-likeness (QED) is 0.0794. The predicted octanol–water partition coefficient (Wildman–Crippen LogP) is 7.72. The van der Waals surface area contributed by atoms with E-state index in [0.29, 0.717) is 17.4 Å². The zero-order valence-electron chi connectivity index (χ0n) is 28.8. The number of ketones is 1. The number of carbonyl (C=O) groups excluding carboxylic acids is 5. The fourth-order valence-corrected chi connectivity index (χ4v) is 6.11. The third-order valence-electron chi connectivity index (χ3n) is 8.21. The number of rotatable bonds is 14. The largest absolute Gasteiger partial charge is 0.465 e. The van der Waals surface area contributed by atoms with Crippen molar-refractivity contribution in [3.05, 3.63) is 118 Å². The first-order chi connectivity index (χ1) is 24.7. The summed E-state index contributed by atoms with van der Waals surface area (Å²) < 4.78 is 51.7. The van der Waals surface area contributed by atoms with Gasteiger partial charge in [0.25, 0.3) is 5.91 Å². The molecule has 0 spiro atoms. The maximum Gasteiger partial charge on any atom is 0.416 e. The van der Waals surface area contributed by atoms with Crippen LogP contribution in [-0.4, -0.2) is 57.2 Å². The van der Waals surface area contributed by atoms with Gasteiger partial charge in [-0.25, -0.2) is 0 Å². The van der Waals surface area contributed by atoms with Crippen molar-refractivity contribution in [2.75, 3.05) is 37.5 Å². The molecule has 0 aliphatic rings. The van der Waals surface area contributed by atoms with Crippen LogP contribution >= 0.6 is 11.6 Å². The van der Waals surface area contributed by atoms with Gasteiger partial charge >= 0.3 is 18.1 Å². The lowest BCUT2D eigenvalue weighted by Crippen LogP contribution is -2.48. The maximum absolute atomic E-state index is 13.9. The van der Waals surface area contributed by atoms with Crippen molar-refractivity contribution in [1.29, 1.82) is 0 Å². The SMILES string of the molecule is CCOC(=O)C(CC(=O)Cc1ccc(NC(=O)c2cc(C(F)(F)F)ccc2-c2ccccc2)c(C=O)c1N(C)C)(C(=O)OCC)c1cccc(Cl)c1. The molecule has 4 rings (SSSR count). The fourth-order valence-electron chi connectivity index (χ4n) is 5.92. The Balaban J connectivity index is 1.75. The molecule has 9 nitrogen and oxygen atoms in total. The number of hydrogen-bond donors (Lipinski definition) is 1. The van der Waals surface area contributed by atoms with Gasteiger partial charge in [0.1, 0.15) is 5.78 Å². The van der Waals surface area contributed by atoms with Crippen molar-refractivity contribution in [1.82, 2.24) is 0 Å². The zero-order chi connectivity index (χ0) is 38.2. The van der Waals surface area contributed by atoms with Crippen LogP contribution < -0.4 is 10.2 Å². The fraction of sp³-hybridized carbons (Fsp3) is 0.256. The molecule has 272 valence electrons. The normalized spacial score (nSPS) is 11.4. The Morgan fingerprint density at radius 1 is 0.827 bits per heavy atom. The molecule has 0 unspecified atom stereocenters. The highest BCUT2D eigenvalue weighted by molar-refractivity contribution is 6.30. The summed E-state index contributed by atoms with van der Waals surface area (Å²) in [6.07, 6.45) is -5.33. The first-order valence-corrected chi connectivity index (χ1v) is 16.5. The first kappa shape index (κ1) is 39.3. The van der Waals surface area contributed by atoms with Crippen LogP contribution in [0, 0.1) is 0 Å². The summed E-state index contributed by atoms with van der Waals surface area (Å²) in [7, 11) is 3.19.